The van der Waals surface area contributed by atoms with E-state index in [4.69, 9.17) is 5.73 Å². The minimum atomic E-state index is -4.49. The molecule has 11 heteroatoms. The highest BCUT2D eigenvalue weighted by atomic mass is 19.4. The molecule has 0 radical (unpaired) electrons. The third kappa shape index (κ3) is 4.04. The van der Waals surface area contributed by atoms with Crippen LogP contribution in [-0.2, 0) is 6.18 Å². The number of H-pyrrole nitrogens is 1. The minimum Gasteiger partial charge on any atom is -0.361 e. The zero-order valence-electron chi connectivity index (χ0n) is 17.8. The molecule has 4 N–H and O–H groups in total. The number of pyridine rings is 1. The number of anilines is 1. The number of aromatic nitrogens is 4. The van der Waals surface area contributed by atoms with Crippen LogP contribution in [0.3, 0.4) is 0 Å². The molecule has 3 aromatic heterocycles. The van der Waals surface area contributed by atoms with Crippen molar-refractivity contribution in [2.24, 2.45) is 5.73 Å². The van der Waals surface area contributed by atoms with Gasteiger partial charge in [-0.05, 0) is 25.0 Å². The summed E-state index contributed by atoms with van der Waals surface area (Å²) in [6, 6.07) is 3.22. The summed E-state index contributed by atoms with van der Waals surface area (Å²) < 4.78 is 66.6. The van der Waals surface area contributed by atoms with E-state index in [-0.39, 0.29) is 34.5 Å². The van der Waals surface area contributed by atoms with E-state index in [0.717, 1.165) is 37.8 Å². The van der Waals surface area contributed by atoms with Gasteiger partial charge in [0.25, 0.3) is 6.43 Å². The highest BCUT2D eigenvalue weighted by Gasteiger charge is 2.31. The monoisotopic (exact) mass is 476 g/mol. The summed E-state index contributed by atoms with van der Waals surface area (Å²) in [5.41, 5.74) is 6.35. The number of hydrogen-bond donors (Lipinski definition) is 3. The fourth-order valence-corrected chi connectivity index (χ4v) is 4.51. The second kappa shape index (κ2) is 8.46. The van der Waals surface area contributed by atoms with Crippen LogP contribution in [0.25, 0.3) is 32.9 Å². The lowest BCUT2D eigenvalue weighted by Crippen LogP contribution is -2.42. The first-order valence-electron chi connectivity index (χ1n) is 10.9. The van der Waals surface area contributed by atoms with Gasteiger partial charge in [-0.1, -0.05) is 18.9 Å². The van der Waals surface area contributed by atoms with Crippen molar-refractivity contribution in [3.63, 3.8) is 0 Å². The third-order valence-electron chi connectivity index (χ3n) is 6.29. The van der Waals surface area contributed by atoms with Crippen LogP contribution in [-0.4, -0.2) is 32.0 Å². The Kier molecular flexibility index (Phi) is 5.59. The van der Waals surface area contributed by atoms with E-state index in [9.17, 15) is 22.0 Å². The van der Waals surface area contributed by atoms with Gasteiger partial charge in [-0.2, -0.15) is 13.2 Å². The number of benzene rings is 1. The first kappa shape index (κ1) is 22.5. The molecule has 1 saturated carbocycles. The van der Waals surface area contributed by atoms with E-state index in [1.807, 2.05) is 0 Å². The van der Waals surface area contributed by atoms with Gasteiger partial charge in [-0.3, -0.25) is 4.98 Å². The van der Waals surface area contributed by atoms with E-state index in [0.29, 0.717) is 16.5 Å². The van der Waals surface area contributed by atoms with Crippen LogP contribution in [0.1, 0.15) is 43.4 Å². The first-order valence-corrected chi connectivity index (χ1v) is 10.9. The van der Waals surface area contributed by atoms with Crippen LogP contribution in [0, 0.1) is 0 Å². The number of hydrogen-bond acceptors (Lipinski definition) is 5. The molecule has 0 saturated heterocycles. The van der Waals surface area contributed by atoms with Gasteiger partial charge in [0.05, 0.1) is 11.1 Å². The Morgan fingerprint density at radius 3 is 2.56 bits per heavy atom. The molecular weight excluding hydrogens is 455 g/mol. The highest BCUT2D eigenvalue weighted by Crippen LogP contribution is 2.38. The average Bonchev–Trinajstić information content (AvgIpc) is 3.22. The molecule has 0 amide bonds. The summed E-state index contributed by atoms with van der Waals surface area (Å²) in [6.45, 7) is 0. The van der Waals surface area contributed by atoms with Crippen molar-refractivity contribution >= 4 is 27.8 Å². The molecule has 0 spiro atoms. The van der Waals surface area contributed by atoms with Crippen molar-refractivity contribution < 1.29 is 22.0 Å². The predicted molar refractivity (Wildman–Crippen MR) is 118 cm³/mol. The molecule has 3 heterocycles. The van der Waals surface area contributed by atoms with Gasteiger partial charge in [0.15, 0.2) is 0 Å². The number of nitrogens with one attached hydrogen (secondary N) is 2. The number of fused-ring (bicyclic) bond motifs is 2. The van der Waals surface area contributed by atoms with Gasteiger partial charge < -0.3 is 16.0 Å². The number of aromatic amines is 1. The number of rotatable bonds is 4. The zero-order chi connectivity index (χ0) is 24.0. The smallest absolute Gasteiger partial charge is 0.361 e. The molecule has 6 nitrogen and oxygen atoms in total. The number of nitrogens with zero attached hydrogens (tertiary/aromatic N) is 3. The Bertz CT molecular complexity index is 1350. The first-order chi connectivity index (χ1) is 16.2. The van der Waals surface area contributed by atoms with Crippen molar-refractivity contribution in [2.45, 2.75) is 50.4 Å². The van der Waals surface area contributed by atoms with Crippen molar-refractivity contribution in [2.75, 3.05) is 5.32 Å². The molecule has 2 atom stereocenters. The highest BCUT2D eigenvalue weighted by molar-refractivity contribution is 6.04. The molecule has 178 valence electrons. The van der Waals surface area contributed by atoms with Gasteiger partial charge in [-0.15, -0.1) is 0 Å². The summed E-state index contributed by atoms with van der Waals surface area (Å²) in [5.74, 6) is 0.252. The Hall–Kier alpha value is -3.34. The molecule has 1 aliphatic carbocycles. The Morgan fingerprint density at radius 1 is 1.03 bits per heavy atom. The maximum absolute atomic E-state index is 13.6. The standard InChI is InChI=1S/C23H21F5N6/c24-21(25)20-15-10-32-22(33-17-4-2-1-3-16(17)29)34-19(15)14(9-31-20)13-8-30-18-7-11(23(26,27)28)5-6-12(13)18/h5-10,16-17,21,30H,1-4,29H2,(H,32,33,34). The SMILES string of the molecule is NC1CCCCC1Nc1ncc2c(C(F)F)ncc(-c3c[nH]c4cc(C(F)(F)F)ccc34)c2n1. The lowest BCUT2D eigenvalue weighted by atomic mass is 9.91. The molecule has 34 heavy (non-hydrogen) atoms. The molecule has 5 rings (SSSR count). The van der Waals surface area contributed by atoms with Crippen LogP contribution in [0.2, 0.25) is 0 Å². The van der Waals surface area contributed by atoms with Gasteiger partial charge in [0.2, 0.25) is 5.95 Å². The van der Waals surface area contributed by atoms with Crippen LogP contribution >= 0.6 is 0 Å². The van der Waals surface area contributed by atoms with Crippen molar-refractivity contribution in [3.8, 4) is 11.1 Å². The molecule has 2 unspecified atom stereocenters. The van der Waals surface area contributed by atoms with Crippen molar-refractivity contribution in [1.82, 2.24) is 19.9 Å². The Morgan fingerprint density at radius 2 is 1.82 bits per heavy atom. The van der Waals surface area contributed by atoms with Gasteiger partial charge >= 0.3 is 6.18 Å². The van der Waals surface area contributed by atoms with Crippen LogP contribution in [0.5, 0.6) is 0 Å². The maximum atomic E-state index is 13.6. The number of nitrogens with two attached hydrogens (primary N) is 1. The van der Waals surface area contributed by atoms with E-state index >= 15 is 0 Å². The molecule has 1 aliphatic rings. The van der Waals surface area contributed by atoms with Crippen LogP contribution in [0.4, 0.5) is 27.9 Å². The topological polar surface area (TPSA) is 92.5 Å². The number of halogens is 5. The van der Waals surface area contributed by atoms with E-state index in [2.05, 4.69) is 25.3 Å². The fourth-order valence-electron chi connectivity index (χ4n) is 4.51. The quantitative estimate of drug-likeness (QED) is 0.323. The number of alkyl halides is 5. The van der Waals surface area contributed by atoms with Crippen molar-refractivity contribution in [1.29, 1.82) is 0 Å². The molecule has 1 fully saturated rings. The summed E-state index contributed by atoms with van der Waals surface area (Å²) >= 11 is 0. The summed E-state index contributed by atoms with van der Waals surface area (Å²) in [6.07, 6.45) is 0.532. The summed E-state index contributed by atoms with van der Waals surface area (Å²) in [7, 11) is 0. The van der Waals surface area contributed by atoms with E-state index in [1.54, 1.807) is 0 Å². The molecule has 0 aliphatic heterocycles. The summed E-state index contributed by atoms with van der Waals surface area (Å²) in [5, 5.41) is 3.78. The molecule has 0 bridgehead atoms. The van der Waals surface area contributed by atoms with E-state index in [1.165, 1.54) is 24.7 Å². The Labute approximate surface area is 190 Å². The van der Waals surface area contributed by atoms with E-state index < -0.39 is 23.9 Å². The molecule has 1 aromatic carbocycles. The van der Waals surface area contributed by atoms with Gasteiger partial charge in [-0.25, -0.2) is 18.7 Å². The minimum absolute atomic E-state index is 0.0417. The second-order valence-electron chi connectivity index (χ2n) is 8.47. The normalized spacial score (nSPS) is 19.3. The predicted octanol–water partition coefficient (Wildman–Crippen LogP) is 5.81. The van der Waals surface area contributed by atoms with Crippen LogP contribution < -0.4 is 11.1 Å². The average molecular weight is 476 g/mol. The molecule has 4 aromatic rings. The van der Waals surface area contributed by atoms with Gasteiger partial charge in [0.1, 0.15) is 5.69 Å². The third-order valence-corrected chi connectivity index (χ3v) is 6.29. The molecular formula is C23H21F5N6. The summed E-state index contributed by atoms with van der Waals surface area (Å²) in [4.78, 5) is 15.5. The maximum Gasteiger partial charge on any atom is 0.416 e. The Balaban J connectivity index is 1.63. The van der Waals surface area contributed by atoms with Gasteiger partial charge in [0, 0.05) is 58.1 Å². The fraction of sp³-hybridized carbons (Fsp3) is 0.348. The lowest BCUT2D eigenvalue weighted by Gasteiger charge is -2.29. The second-order valence-corrected chi connectivity index (χ2v) is 8.47. The largest absolute Gasteiger partial charge is 0.416 e. The van der Waals surface area contributed by atoms with Crippen molar-refractivity contribution in [3.05, 3.63) is 48.0 Å². The van der Waals surface area contributed by atoms with Crippen LogP contribution in [0.15, 0.2) is 36.8 Å². The lowest BCUT2D eigenvalue weighted by molar-refractivity contribution is -0.137. The zero-order valence-corrected chi connectivity index (χ0v) is 17.8.